The quantitative estimate of drug-likeness (QED) is 0.613. The first kappa shape index (κ1) is 12.0. The number of hydroxylamine groups is 1. The van der Waals surface area contributed by atoms with Crippen LogP contribution in [0.1, 0.15) is 24.6 Å². The standard InChI is InChI=1S/C10H15NO3S/c1-6(2)9(10(12)11-13)8-4-7(14-3)5-15-8/h4-6,9,13H,1-3H3,(H,11,12). The molecule has 0 spiro atoms. The molecule has 1 unspecified atom stereocenters. The number of hydrogen-bond acceptors (Lipinski definition) is 4. The van der Waals surface area contributed by atoms with Crippen molar-refractivity contribution in [2.75, 3.05) is 7.11 Å². The molecular weight excluding hydrogens is 214 g/mol. The van der Waals surface area contributed by atoms with Crippen molar-refractivity contribution < 1.29 is 14.7 Å². The second kappa shape index (κ2) is 5.14. The van der Waals surface area contributed by atoms with Crippen LogP contribution in [0.4, 0.5) is 0 Å². The molecule has 1 aromatic rings. The van der Waals surface area contributed by atoms with Gasteiger partial charge in [-0.3, -0.25) is 10.0 Å². The summed E-state index contributed by atoms with van der Waals surface area (Å²) in [6.45, 7) is 3.87. The normalized spacial score (nSPS) is 12.6. The lowest BCUT2D eigenvalue weighted by atomic mass is 9.93. The SMILES string of the molecule is COc1csc(C(C(=O)NO)C(C)C)c1. The summed E-state index contributed by atoms with van der Waals surface area (Å²) in [4.78, 5) is 12.4. The summed E-state index contributed by atoms with van der Waals surface area (Å²) in [5, 5.41) is 10.5. The third-order valence-corrected chi connectivity index (χ3v) is 3.19. The topological polar surface area (TPSA) is 58.6 Å². The molecule has 2 N–H and O–H groups in total. The highest BCUT2D eigenvalue weighted by molar-refractivity contribution is 7.10. The van der Waals surface area contributed by atoms with Crippen molar-refractivity contribution in [1.29, 1.82) is 0 Å². The molecule has 0 bridgehead atoms. The number of methoxy groups -OCH3 is 1. The van der Waals surface area contributed by atoms with E-state index in [1.807, 2.05) is 25.3 Å². The van der Waals surface area contributed by atoms with E-state index in [-0.39, 0.29) is 17.7 Å². The highest BCUT2D eigenvalue weighted by Gasteiger charge is 2.25. The summed E-state index contributed by atoms with van der Waals surface area (Å²) in [5.41, 5.74) is 1.70. The van der Waals surface area contributed by atoms with E-state index < -0.39 is 0 Å². The summed E-state index contributed by atoms with van der Waals surface area (Å²) < 4.78 is 5.05. The minimum Gasteiger partial charge on any atom is -0.496 e. The zero-order chi connectivity index (χ0) is 11.4. The molecule has 4 nitrogen and oxygen atoms in total. The molecule has 0 fully saturated rings. The molecule has 1 aromatic heterocycles. The van der Waals surface area contributed by atoms with Gasteiger partial charge in [0, 0.05) is 10.3 Å². The smallest absolute Gasteiger partial charge is 0.251 e. The van der Waals surface area contributed by atoms with Gasteiger partial charge in [0.25, 0.3) is 5.91 Å². The van der Waals surface area contributed by atoms with E-state index in [1.54, 1.807) is 12.6 Å². The van der Waals surface area contributed by atoms with Gasteiger partial charge in [-0.1, -0.05) is 13.8 Å². The predicted octanol–water partition coefficient (Wildman–Crippen LogP) is 2.00. The molecule has 0 aliphatic rings. The first-order chi connectivity index (χ1) is 7.10. The van der Waals surface area contributed by atoms with Crippen LogP contribution < -0.4 is 10.2 Å². The van der Waals surface area contributed by atoms with Gasteiger partial charge >= 0.3 is 0 Å². The van der Waals surface area contributed by atoms with Gasteiger partial charge in [-0.2, -0.15) is 0 Å². The largest absolute Gasteiger partial charge is 0.496 e. The van der Waals surface area contributed by atoms with Crippen molar-refractivity contribution in [3.05, 3.63) is 16.3 Å². The Morgan fingerprint density at radius 3 is 2.67 bits per heavy atom. The Bertz CT molecular complexity index is 335. The molecule has 1 atom stereocenters. The van der Waals surface area contributed by atoms with E-state index in [0.29, 0.717) is 0 Å². The summed E-state index contributed by atoms with van der Waals surface area (Å²) in [7, 11) is 1.59. The highest BCUT2D eigenvalue weighted by Crippen LogP contribution is 2.32. The van der Waals surface area contributed by atoms with Gasteiger partial charge in [0.1, 0.15) is 5.75 Å². The lowest BCUT2D eigenvalue weighted by Crippen LogP contribution is -2.28. The molecule has 0 radical (unpaired) electrons. The van der Waals surface area contributed by atoms with Crippen molar-refractivity contribution >= 4 is 17.2 Å². The molecule has 84 valence electrons. The van der Waals surface area contributed by atoms with Gasteiger partial charge in [0.2, 0.25) is 0 Å². The number of hydrogen-bond donors (Lipinski definition) is 2. The molecule has 5 heteroatoms. The Morgan fingerprint density at radius 2 is 2.27 bits per heavy atom. The third-order valence-electron chi connectivity index (χ3n) is 2.20. The number of ether oxygens (including phenoxy) is 1. The van der Waals surface area contributed by atoms with Crippen LogP contribution in [0.3, 0.4) is 0 Å². The van der Waals surface area contributed by atoms with Gasteiger partial charge < -0.3 is 4.74 Å². The van der Waals surface area contributed by atoms with E-state index in [2.05, 4.69) is 0 Å². The minimum atomic E-state index is -0.380. The second-order valence-corrected chi connectivity index (χ2v) is 4.53. The summed E-state index contributed by atoms with van der Waals surface area (Å²) in [6, 6.07) is 1.82. The first-order valence-electron chi connectivity index (χ1n) is 4.66. The molecule has 15 heavy (non-hydrogen) atoms. The van der Waals surface area contributed by atoms with Crippen LogP contribution in [0.5, 0.6) is 5.75 Å². The zero-order valence-electron chi connectivity index (χ0n) is 8.98. The molecule has 1 amide bonds. The third kappa shape index (κ3) is 2.70. The molecule has 1 rings (SSSR count). The molecule has 0 aliphatic heterocycles. The maximum absolute atomic E-state index is 11.5. The van der Waals surface area contributed by atoms with Crippen LogP contribution in [0.2, 0.25) is 0 Å². The number of thiophene rings is 1. The van der Waals surface area contributed by atoms with E-state index in [0.717, 1.165) is 10.6 Å². The van der Waals surface area contributed by atoms with Gasteiger partial charge in [0.05, 0.1) is 13.0 Å². The molecular formula is C10H15NO3S. The van der Waals surface area contributed by atoms with Crippen molar-refractivity contribution in [2.45, 2.75) is 19.8 Å². The van der Waals surface area contributed by atoms with Crippen LogP contribution in [0, 0.1) is 5.92 Å². The summed E-state index contributed by atoms with van der Waals surface area (Å²) >= 11 is 1.46. The van der Waals surface area contributed by atoms with Crippen LogP contribution >= 0.6 is 11.3 Å². The number of rotatable bonds is 4. The monoisotopic (exact) mass is 229 g/mol. The fraction of sp³-hybridized carbons (Fsp3) is 0.500. The fourth-order valence-electron chi connectivity index (χ4n) is 1.43. The molecule has 1 heterocycles. The Labute approximate surface area is 92.8 Å². The van der Waals surface area contributed by atoms with E-state index in [1.165, 1.54) is 11.3 Å². The van der Waals surface area contributed by atoms with Gasteiger partial charge in [-0.25, -0.2) is 5.48 Å². The van der Waals surface area contributed by atoms with Crippen LogP contribution in [-0.4, -0.2) is 18.2 Å². The van der Waals surface area contributed by atoms with Gasteiger partial charge in [-0.15, -0.1) is 11.3 Å². The molecule has 0 aromatic carbocycles. The minimum absolute atomic E-state index is 0.125. The van der Waals surface area contributed by atoms with Crippen LogP contribution in [-0.2, 0) is 4.79 Å². The number of carbonyl (C=O) groups is 1. The lowest BCUT2D eigenvalue weighted by molar-refractivity contribution is -0.131. The average molecular weight is 229 g/mol. The van der Waals surface area contributed by atoms with Crippen molar-refractivity contribution in [1.82, 2.24) is 5.48 Å². The van der Waals surface area contributed by atoms with Crippen LogP contribution in [0.25, 0.3) is 0 Å². The van der Waals surface area contributed by atoms with Gasteiger partial charge in [-0.05, 0) is 12.0 Å². The second-order valence-electron chi connectivity index (χ2n) is 3.59. The van der Waals surface area contributed by atoms with Gasteiger partial charge in [0.15, 0.2) is 0 Å². The van der Waals surface area contributed by atoms with Crippen molar-refractivity contribution in [3.63, 3.8) is 0 Å². The molecule has 0 saturated heterocycles. The molecule has 0 saturated carbocycles. The van der Waals surface area contributed by atoms with Crippen LogP contribution in [0.15, 0.2) is 11.4 Å². The zero-order valence-corrected chi connectivity index (χ0v) is 9.80. The maximum atomic E-state index is 11.5. The fourth-order valence-corrected chi connectivity index (χ4v) is 2.56. The Balaban J connectivity index is 2.93. The number of nitrogens with one attached hydrogen (secondary N) is 1. The maximum Gasteiger partial charge on any atom is 0.251 e. The lowest BCUT2D eigenvalue weighted by Gasteiger charge is -2.16. The Hall–Kier alpha value is -1.07. The summed E-state index contributed by atoms with van der Waals surface area (Å²) in [6.07, 6.45) is 0. The highest BCUT2D eigenvalue weighted by atomic mass is 32.1. The van der Waals surface area contributed by atoms with Crippen molar-refractivity contribution in [3.8, 4) is 5.75 Å². The number of carbonyl (C=O) groups excluding carboxylic acids is 1. The van der Waals surface area contributed by atoms with E-state index in [4.69, 9.17) is 9.94 Å². The van der Waals surface area contributed by atoms with E-state index in [9.17, 15) is 4.79 Å². The predicted molar refractivity (Wildman–Crippen MR) is 58.4 cm³/mol. The Kier molecular flexibility index (Phi) is 4.11. The molecule has 0 aliphatic carbocycles. The van der Waals surface area contributed by atoms with E-state index >= 15 is 0 Å². The number of amides is 1. The van der Waals surface area contributed by atoms with Crippen molar-refractivity contribution in [2.24, 2.45) is 5.92 Å². The first-order valence-corrected chi connectivity index (χ1v) is 5.54. The summed E-state index contributed by atoms with van der Waals surface area (Å²) in [5.74, 6) is 0.158. The average Bonchev–Trinajstić information content (AvgIpc) is 2.65. The Morgan fingerprint density at radius 1 is 1.60 bits per heavy atom.